The summed E-state index contributed by atoms with van der Waals surface area (Å²) < 4.78 is 36.7. The first-order valence-corrected chi connectivity index (χ1v) is 5.20. The van der Waals surface area contributed by atoms with Gasteiger partial charge in [-0.1, -0.05) is 0 Å². The van der Waals surface area contributed by atoms with Gasteiger partial charge in [0.15, 0.2) is 0 Å². The van der Waals surface area contributed by atoms with Gasteiger partial charge >= 0.3 is 6.18 Å². The molecule has 7 heteroatoms. The number of anilines is 1. The lowest BCUT2D eigenvalue weighted by Gasteiger charge is -2.17. The van der Waals surface area contributed by atoms with Gasteiger partial charge in [-0.15, -0.1) is 0 Å². The Labute approximate surface area is 102 Å². The van der Waals surface area contributed by atoms with E-state index in [9.17, 15) is 18.0 Å². The normalized spacial score (nSPS) is 12.3. The zero-order valence-corrected chi connectivity index (χ0v) is 10.0. The SMILES string of the molecule is CC(C)(N)CC(=O)Nc1ccc(C(F)(F)F)nc1. The number of hydrogen-bond donors (Lipinski definition) is 2. The lowest BCUT2D eigenvalue weighted by Crippen LogP contribution is -2.36. The van der Waals surface area contributed by atoms with Gasteiger partial charge in [-0.05, 0) is 26.0 Å². The van der Waals surface area contributed by atoms with Gasteiger partial charge < -0.3 is 11.1 Å². The van der Waals surface area contributed by atoms with Crippen molar-refractivity contribution >= 4 is 11.6 Å². The third-order valence-electron chi connectivity index (χ3n) is 1.95. The van der Waals surface area contributed by atoms with Crippen molar-refractivity contribution in [2.24, 2.45) is 5.73 Å². The minimum Gasteiger partial charge on any atom is -0.325 e. The Morgan fingerprint density at radius 3 is 2.39 bits per heavy atom. The third kappa shape index (κ3) is 4.70. The van der Waals surface area contributed by atoms with Crippen LogP contribution >= 0.6 is 0 Å². The maximum Gasteiger partial charge on any atom is 0.433 e. The number of nitrogens with zero attached hydrogens (tertiary/aromatic N) is 1. The molecule has 0 atom stereocenters. The Hall–Kier alpha value is -1.63. The number of halogens is 3. The number of rotatable bonds is 3. The molecule has 4 nitrogen and oxygen atoms in total. The Morgan fingerprint density at radius 1 is 1.39 bits per heavy atom. The molecule has 0 spiro atoms. The molecule has 1 heterocycles. The number of pyridine rings is 1. The van der Waals surface area contributed by atoms with Gasteiger partial charge in [0, 0.05) is 12.0 Å². The maximum absolute atomic E-state index is 12.2. The highest BCUT2D eigenvalue weighted by molar-refractivity contribution is 5.91. The molecule has 1 aromatic heterocycles. The Morgan fingerprint density at radius 2 is 2.00 bits per heavy atom. The molecular weight excluding hydrogens is 247 g/mol. The van der Waals surface area contributed by atoms with E-state index < -0.39 is 17.4 Å². The molecule has 0 saturated heterocycles. The monoisotopic (exact) mass is 261 g/mol. The molecule has 100 valence electrons. The summed E-state index contributed by atoms with van der Waals surface area (Å²) >= 11 is 0. The van der Waals surface area contributed by atoms with Crippen LogP contribution in [0.5, 0.6) is 0 Å². The molecule has 0 bridgehead atoms. The van der Waals surface area contributed by atoms with E-state index in [0.717, 1.165) is 18.3 Å². The first-order valence-electron chi connectivity index (χ1n) is 5.20. The van der Waals surface area contributed by atoms with Crippen LogP contribution in [0.4, 0.5) is 18.9 Å². The second kappa shape index (κ2) is 4.93. The van der Waals surface area contributed by atoms with Gasteiger partial charge in [0.1, 0.15) is 5.69 Å². The van der Waals surface area contributed by atoms with Gasteiger partial charge in [-0.2, -0.15) is 13.2 Å². The molecule has 0 saturated carbocycles. The van der Waals surface area contributed by atoms with E-state index in [0.29, 0.717) is 0 Å². The predicted molar refractivity (Wildman–Crippen MR) is 60.8 cm³/mol. The molecule has 1 rings (SSSR count). The van der Waals surface area contributed by atoms with Crippen molar-refractivity contribution in [2.75, 3.05) is 5.32 Å². The fraction of sp³-hybridized carbons (Fsp3) is 0.455. The first-order chi connectivity index (χ1) is 8.08. The van der Waals surface area contributed by atoms with Crippen LogP contribution in [-0.2, 0) is 11.0 Å². The van der Waals surface area contributed by atoms with Crippen molar-refractivity contribution in [2.45, 2.75) is 32.0 Å². The number of carbonyl (C=O) groups excluding carboxylic acids is 1. The van der Waals surface area contributed by atoms with Crippen molar-refractivity contribution in [1.29, 1.82) is 0 Å². The van der Waals surface area contributed by atoms with Gasteiger partial charge in [0.05, 0.1) is 11.9 Å². The molecular formula is C11H14F3N3O. The third-order valence-corrected chi connectivity index (χ3v) is 1.95. The number of aromatic nitrogens is 1. The molecule has 1 amide bonds. The van der Waals surface area contributed by atoms with Gasteiger partial charge in [0.25, 0.3) is 0 Å². The molecule has 0 aromatic carbocycles. The highest BCUT2D eigenvalue weighted by Crippen LogP contribution is 2.27. The number of hydrogen-bond acceptors (Lipinski definition) is 3. The van der Waals surface area contributed by atoms with Crippen LogP contribution in [-0.4, -0.2) is 16.4 Å². The minimum atomic E-state index is -4.48. The zero-order chi connectivity index (χ0) is 14.0. The smallest absolute Gasteiger partial charge is 0.325 e. The Kier molecular flexibility index (Phi) is 3.95. The molecule has 3 N–H and O–H groups in total. The number of alkyl halides is 3. The van der Waals surface area contributed by atoms with E-state index in [1.165, 1.54) is 0 Å². The molecule has 0 radical (unpaired) electrons. The summed E-state index contributed by atoms with van der Waals surface area (Å²) in [5, 5.41) is 2.43. The van der Waals surface area contributed by atoms with E-state index in [2.05, 4.69) is 10.3 Å². The zero-order valence-electron chi connectivity index (χ0n) is 10.0. The number of amides is 1. The summed E-state index contributed by atoms with van der Waals surface area (Å²) in [5.74, 6) is -0.371. The highest BCUT2D eigenvalue weighted by Gasteiger charge is 2.32. The van der Waals surface area contributed by atoms with Crippen LogP contribution in [0.3, 0.4) is 0 Å². The van der Waals surface area contributed by atoms with Crippen LogP contribution < -0.4 is 11.1 Å². The van der Waals surface area contributed by atoms with Crippen LogP contribution in [0.15, 0.2) is 18.3 Å². The summed E-state index contributed by atoms with van der Waals surface area (Å²) in [7, 11) is 0. The molecule has 0 unspecified atom stereocenters. The molecule has 0 aliphatic carbocycles. The molecule has 1 aromatic rings. The average molecular weight is 261 g/mol. The summed E-state index contributed by atoms with van der Waals surface area (Å²) in [6.45, 7) is 3.36. The summed E-state index contributed by atoms with van der Waals surface area (Å²) in [4.78, 5) is 14.7. The fourth-order valence-electron chi connectivity index (χ4n) is 1.25. The highest BCUT2D eigenvalue weighted by atomic mass is 19.4. The predicted octanol–water partition coefficient (Wildman–Crippen LogP) is 2.17. The second-order valence-electron chi connectivity index (χ2n) is 4.64. The molecule has 0 aliphatic rings. The topological polar surface area (TPSA) is 68.0 Å². The standard InChI is InChI=1S/C11H14F3N3O/c1-10(2,15)5-9(18)17-7-3-4-8(16-6-7)11(12,13)14/h3-4,6H,5,15H2,1-2H3,(H,17,18). The lowest BCUT2D eigenvalue weighted by molar-refractivity contribution is -0.141. The molecule has 0 fully saturated rings. The number of carbonyl (C=O) groups is 1. The van der Waals surface area contributed by atoms with Crippen LogP contribution in [0.2, 0.25) is 0 Å². The van der Waals surface area contributed by atoms with Gasteiger partial charge in [-0.3, -0.25) is 4.79 Å². The van der Waals surface area contributed by atoms with E-state index in [-0.39, 0.29) is 18.0 Å². The van der Waals surface area contributed by atoms with Crippen molar-refractivity contribution in [3.8, 4) is 0 Å². The average Bonchev–Trinajstić information content (AvgIpc) is 2.13. The van der Waals surface area contributed by atoms with Crippen LogP contribution in [0.25, 0.3) is 0 Å². The largest absolute Gasteiger partial charge is 0.433 e. The van der Waals surface area contributed by atoms with E-state index in [4.69, 9.17) is 5.73 Å². The van der Waals surface area contributed by atoms with Crippen LogP contribution in [0.1, 0.15) is 26.0 Å². The van der Waals surface area contributed by atoms with Crippen molar-refractivity contribution in [1.82, 2.24) is 4.98 Å². The van der Waals surface area contributed by atoms with Crippen molar-refractivity contribution < 1.29 is 18.0 Å². The van der Waals surface area contributed by atoms with Crippen LogP contribution in [0, 0.1) is 0 Å². The quantitative estimate of drug-likeness (QED) is 0.876. The maximum atomic E-state index is 12.2. The molecule has 18 heavy (non-hydrogen) atoms. The Bertz CT molecular complexity index is 421. The number of nitrogens with one attached hydrogen (secondary N) is 1. The van der Waals surface area contributed by atoms with E-state index in [1.807, 2.05) is 0 Å². The number of nitrogens with two attached hydrogens (primary N) is 1. The summed E-state index contributed by atoms with van der Waals surface area (Å²) in [6, 6.07) is 1.96. The molecule has 0 aliphatic heterocycles. The lowest BCUT2D eigenvalue weighted by atomic mass is 10.0. The second-order valence-corrected chi connectivity index (χ2v) is 4.64. The summed E-state index contributed by atoms with van der Waals surface area (Å²) in [5.41, 5.74) is 4.17. The fourth-order valence-corrected chi connectivity index (χ4v) is 1.25. The minimum absolute atomic E-state index is 0.0635. The summed E-state index contributed by atoms with van der Waals surface area (Å²) in [6.07, 6.45) is -3.46. The van der Waals surface area contributed by atoms with Gasteiger partial charge in [-0.25, -0.2) is 4.98 Å². The van der Waals surface area contributed by atoms with E-state index >= 15 is 0 Å². The van der Waals surface area contributed by atoms with Crippen molar-refractivity contribution in [3.05, 3.63) is 24.0 Å². The van der Waals surface area contributed by atoms with E-state index in [1.54, 1.807) is 13.8 Å². The van der Waals surface area contributed by atoms with Gasteiger partial charge in [0.2, 0.25) is 5.91 Å². The Balaban J connectivity index is 2.67. The van der Waals surface area contributed by atoms with Crippen molar-refractivity contribution in [3.63, 3.8) is 0 Å². The first kappa shape index (κ1) is 14.4.